The van der Waals surface area contributed by atoms with Crippen molar-refractivity contribution in [2.75, 3.05) is 13.2 Å². The summed E-state index contributed by atoms with van der Waals surface area (Å²) >= 11 is 0. The van der Waals surface area contributed by atoms with Gasteiger partial charge < -0.3 is 14.6 Å². The van der Waals surface area contributed by atoms with Crippen LogP contribution in [0.2, 0.25) is 0 Å². The minimum atomic E-state index is -0.770. The molecular weight excluding hydrogens is 1080 g/mol. The van der Waals surface area contributed by atoms with E-state index in [4.69, 9.17) is 9.47 Å². The van der Waals surface area contributed by atoms with Gasteiger partial charge in [0.05, 0.1) is 6.61 Å². The molecule has 5 nitrogen and oxygen atoms in total. The van der Waals surface area contributed by atoms with Gasteiger partial charge in [0.1, 0.15) is 6.61 Å². The monoisotopic (exact) mass is 1230 g/mol. The molecule has 0 aliphatic rings. The van der Waals surface area contributed by atoms with Crippen LogP contribution in [0.1, 0.15) is 438 Å². The number of allylic oxidation sites excluding steroid dienone is 10. The average molecular weight is 1230 g/mol. The van der Waals surface area contributed by atoms with Crippen LogP contribution in [0, 0.1) is 0 Å². The van der Waals surface area contributed by atoms with E-state index in [0.29, 0.717) is 12.8 Å². The highest BCUT2D eigenvalue weighted by Gasteiger charge is 2.16. The van der Waals surface area contributed by atoms with E-state index in [9.17, 15) is 14.7 Å². The first-order chi connectivity index (χ1) is 43.6. The van der Waals surface area contributed by atoms with Crippen LogP contribution < -0.4 is 0 Å². The highest BCUT2D eigenvalue weighted by molar-refractivity contribution is 5.70. The molecule has 0 spiro atoms. The maximum atomic E-state index is 12.4. The van der Waals surface area contributed by atoms with Gasteiger partial charge in [0.2, 0.25) is 0 Å². The van der Waals surface area contributed by atoms with Crippen molar-refractivity contribution < 1.29 is 24.2 Å². The lowest BCUT2D eigenvalue weighted by Crippen LogP contribution is -2.28. The third-order valence-electron chi connectivity index (χ3n) is 18.3. The zero-order valence-electron chi connectivity index (χ0n) is 59.5. The number of hydrogen-bond acceptors (Lipinski definition) is 5. The summed E-state index contributed by atoms with van der Waals surface area (Å²) in [6.07, 6.45) is 109. The van der Waals surface area contributed by atoms with Crippen molar-refractivity contribution in [1.82, 2.24) is 0 Å². The molecule has 0 saturated carbocycles. The van der Waals surface area contributed by atoms with Gasteiger partial charge in [-0.2, -0.15) is 0 Å². The number of carbonyl (C=O) groups is 2. The second kappa shape index (κ2) is 78.8. The summed E-state index contributed by atoms with van der Waals surface area (Å²) in [5, 5.41) is 9.73. The van der Waals surface area contributed by atoms with Crippen LogP contribution >= 0.6 is 0 Å². The average Bonchev–Trinajstić information content (AvgIpc) is 3.56. The van der Waals surface area contributed by atoms with Gasteiger partial charge in [-0.15, -0.1) is 0 Å². The van der Waals surface area contributed by atoms with E-state index in [1.165, 1.54) is 347 Å². The zero-order valence-corrected chi connectivity index (χ0v) is 59.5. The molecule has 5 heteroatoms. The molecule has 516 valence electrons. The van der Waals surface area contributed by atoms with Crippen molar-refractivity contribution >= 4 is 11.9 Å². The third-order valence-corrected chi connectivity index (χ3v) is 18.3. The highest BCUT2D eigenvalue weighted by atomic mass is 16.6. The van der Waals surface area contributed by atoms with E-state index in [-0.39, 0.29) is 25.2 Å². The van der Waals surface area contributed by atoms with Crippen LogP contribution in [0.3, 0.4) is 0 Å². The van der Waals surface area contributed by atoms with E-state index in [2.05, 4.69) is 74.6 Å². The number of carbonyl (C=O) groups excluding carboxylic acids is 2. The van der Waals surface area contributed by atoms with E-state index >= 15 is 0 Å². The lowest BCUT2D eigenvalue weighted by atomic mass is 10.0. The number of hydrogen-bond donors (Lipinski definition) is 1. The Labute approximate surface area is 551 Å². The van der Waals surface area contributed by atoms with Crippen molar-refractivity contribution in [2.45, 2.75) is 444 Å². The summed E-state index contributed by atoms with van der Waals surface area (Å²) in [7, 11) is 0. The molecule has 0 saturated heterocycles. The second-order valence-corrected chi connectivity index (χ2v) is 27.1. The number of esters is 2. The van der Waals surface area contributed by atoms with Crippen LogP contribution in [0.25, 0.3) is 0 Å². The molecule has 0 amide bonds. The van der Waals surface area contributed by atoms with E-state index in [0.717, 1.165) is 64.2 Å². The van der Waals surface area contributed by atoms with Crippen LogP contribution in [0.4, 0.5) is 0 Å². The van der Waals surface area contributed by atoms with Crippen LogP contribution in [0.5, 0.6) is 0 Å². The molecule has 0 fully saturated rings. The maximum Gasteiger partial charge on any atom is 0.306 e. The van der Waals surface area contributed by atoms with Crippen molar-refractivity contribution in [2.24, 2.45) is 0 Å². The molecular formula is C83H154O5. The van der Waals surface area contributed by atoms with Gasteiger partial charge in [-0.25, -0.2) is 0 Å². The second-order valence-electron chi connectivity index (χ2n) is 27.1. The SMILES string of the molecule is CC/C=C\C/C=C\C/C=C\C/C=C\C/C=C\CCCCCCCCCCCCCCCCCCCCCCCCCCCC(=O)OC(CO)COC(=O)CCCCCCCCCCCCCCCCCCCCCCCCCCCCCCCCCCC. The zero-order chi connectivity index (χ0) is 63.3. The summed E-state index contributed by atoms with van der Waals surface area (Å²) in [6.45, 7) is 4.10. The quantitative estimate of drug-likeness (QED) is 0.0373. The van der Waals surface area contributed by atoms with Gasteiger partial charge in [-0.1, -0.05) is 428 Å². The molecule has 0 aliphatic heterocycles. The van der Waals surface area contributed by atoms with E-state index < -0.39 is 6.10 Å². The number of aliphatic hydroxyl groups excluding tert-OH is 1. The molecule has 0 aromatic carbocycles. The summed E-state index contributed by atoms with van der Waals surface area (Å²) in [5.41, 5.74) is 0. The van der Waals surface area contributed by atoms with Crippen molar-refractivity contribution in [3.63, 3.8) is 0 Å². The molecule has 0 bridgehead atoms. The minimum absolute atomic E-state index is 0.0586. The molecule has 0 aliphatic carbocycles. The van der Waals surface area contributed by atoms with Gasteiger partial charge in [-0.3, -0.25) is 9.59 Å². The smallest absolute Gasteiger partial charge is 0.306 e. The van der Waals surface area contributed by atoms with Gasteiger partial charge >= 0.3 is 11.9 Å². The fourth-order valence-corrected chi connectivity index (χ4v) is 12.4. The lowest BCUT2D eigenvalue weighted by Gasteiger charge is -2.15. The summed E-state index contributed by atoms with van der Waals surface area (Å²) < 4.78 is 10.8. The molecule has 0 radical (unpaired) electrons. The first-order valence-corrected chi connectivity index (χ1v) is 39.8. The molecule has 1 N–H and O–H groups in total. The topological polar surface area (TPSA) is 72.8 Å². The highest BCUT2D eigenvalue weighted by Crippen LogP contribution is 2.20. The van der Waals surface area contributed by atoms with Crippen molar-refractivity contribution in [3.8, 4) is 0 Å². The molecule has 0 aromatic heterocycles. The van der Waals surface area contributed by atoms with E-state index in [1.54, 1.807) is 0 Å². The van der Waals surface area contributed by atoms with Crippen LogP contribution in [0.15, 0.2) is 60.8 Å². The Hall–Kier alpha value is -2.40. The van der Waals surface area contributed by atoms with Crippen molar-refractivity contribution in [3.05, 3.63) is 60.8 Å². The van der Waals surface area contributed by atoms with Gasteiger partial charge in [0.25, 0.3) is 0 Å². The van der Waals surface area contributed by atoms with Gasteiger partial charge in [0.15, 0.2) is 6.10 Å². The molecule has 0 heterocycles. The summed E-state index contributed by atoms with van der Waals surface area (Å²) in [6, 6.07) is 0. The standard InChI is InChI=1S/C83H154O5/c1-3-5-7-9-11-13-15-17-19-21-23-25-27-29-31-33-35-37-38-39-40-41-42-43-44-46-48-50-52-54-56-58-60-62-64-66-68-70-72-74-76-78-83(86)88-81(79-84)80-87-82(85)77-75-73-71-69-67-65-63-61-59-57-55-53-51-49-47-45-36-34-32-30-28-26-24-22-20-18-16-14-12-10-8-6-4-2/h5,7,11,13,17,19,23,25,29,31,81,84H,3-4,6,8-10,12,14-16,18,20-22,24,26-28,30,32-80H2,1-2H3/b7-5-,13-11-,19-17-,25-23-,31-29-. The Morgan fingerprint density at radius 2 is 0.489 bits per heavy atom. The normalized spacial score (nSPS) is 12.4. The predicted molar refractivity (Wildman–Crippen MR) is 390 cm³/mol. The lowest BCUT2D eigenvalue weighted by molar-refractivity contribution is -0.161. The fraction of sp³-hybridized carbons (Fsp3) is 0.855. The van der Waals surface area contributed by atoms with Crippen molar-refractivity contribution in [1.29, 1.82) is 0 Å². The summed E-state index contributed by atoms with van der Waals surface area (Å²) in [4.78, 5) is 24.7. The molecule has 1 unspecified atom stereocenters. The number of unbranched alkanes of at least 4 members (excludes halogenated alkanes) is 57. The molecule has 88 heavy (non-hydrogen) atoms. The maximum absolute atomic E-state index is 12.4. The molecule has 0 rings (SSSR count). The Bertz CT molecular complexity index is 1490. The number of rotatable bonds is 75. The van der Waals surface area contributed by atoms with Crippen LogP contribution in [-0.2, 0) is 19.1 Å². The largest absolute Gasteiger partial charge is 0.462 e. The Morgan fingerprint density at radius 1 is 0.273 bits per heavy atom. The first-order valence-electron chi connectivity index (χ1n) is 39.8. The Balaban J connectivity index is 3.36. The summed E-state index contributed by atoms with van der Waals surface area (Å²) in [5.74, 6) is -0.562. The third kappa shape index (κ3) is 76.1. The number of ether oxygens (including phenoxy) is 2. The first kappa shape index (κ1) is 85.6. The number of aliphatic hydroxyl groups is 1. The molecule has 0 aromatic rings. The fourth-order valence-electron chi connectivity index (χ4n) is 12.4. The minimum Gasteiger partial charge on any atom is -0.462 e. The Morgan fingerprint density at radius 3 is 0.739 bits per heavy atom. The predicted octanol–water partition coefficient (Wildman–Crippen LogP) is 28.0. The van der Waals surface area contributed by atoms with Crippen LogP contribution in [-0.4, -0.2) is 36.4 Å². The van der Waals surface area contributed by atoms with E-state index in [1.807, 2.05) is 0 Å². The van der Waals surface area contributed by atoms with Gasteiger partial charge in [-0.05, 0) is 57.8 Å². The Kier molecular flexibility index (Phi) is 76.7. The molecule has 1 atom stereocenters. The van der Waals surface area contributed by atoms with Gasteiger partial charge in [0, 0.05) is 12.8 Å².